The third-order valence-electron chi connectivity index (χ3n) is 4.49. The van der Waals surface area contributed by atoms with Crippen LogP contribution in [-0.4, -0.2) is 31.7 Å². The molecule has 0 saturated carbocycles. The summed E-state index contributed by atoms with van der Waals surface area (Å²) in [5.74, 6) is 1.53. The number of aromatic nitrogens is 3. The molecule has 0 fully saturated rings. The van der Waals surface area contributed by atoms with Gasteiger partial charge in [0, 0.05) is 48.7 Å². The molecule has 0 radical (unpaired) electrons. The Morgan fingerprint density at radius 3 is 3.00 bits per heavy atom. The molecule has 0 spiro atoms. The van der Waals surface area contributed by atoms with Gasteiger partial charge in [-0.25, -0.2) is 9.98 Å². The minimum absolute atomic E-state index is 0.0980. The summed E-state index contributed by atoms with van der Waals surface area (Å²) < 4.78 is 7.17. The molecule has 5 rings (SSSR count). The van der Waals surface area contributed by atoms with Crippen LogP contribution in [0.25, 0.3) is 17.0 Å². The second kappa shape index (κ2) is 6.17. The normalized spacial score (nSPS) is 18.0. The Balaban J connectivity index is 1.38. The zero-order valence-corrected chi connectivity index (χ0v) is 14.6. The molecule has 2 aliphatic rings. The van der Waals surface area contributed by atoms with Crippen molar-refractivity contribution in [2.75, 3.05) is 5.32 Å². The predicted octanol–water partition coefficient (Wildman–Crippen LogP) is 2.60. The van der Waals surface area contributed by atoms with Crippen LogP contribution in [0, 0.1) is 0 Å². The second-order valence-corrected chi connectivity index (χ2v) is 6.29. The molecule has 0 saturated heterocycles. The monoisotopic (exact) mass is 359 g/mol. The fraction of sp³-hybridized carbons (Fsp3) is 0.105. The average molecular weight is 359 g/mol. The predicted molar refractivity (Wildman–Crippen MR) is 102 cm³/mol. The highest BCUT2D eigenvalue weighted by Gasteiger charge is 2.31. The van der Waals surface area contributed by atoms with Gasteiger partial charge in [0.1, 0.15) is 5.84 Å². The summed E-state index contributed by atoms with van der Waals surface area (Å²) in [5.41, 5.74) is 3.98. The van der Waals surface area contributed by atoms with Gasteiger partial charge in [-0.2, -0.15) is 5.10 Å². The molecule has 1 aromatic carbocycles. The van der Waals surface area contributed by atoms with Crippen molar-refractivity contribution in [3.63, 3.8) is 0 Å². The van der Waals surface area contributed by atoms with Crippen LogP contribution in [0.3, 0.4) is 0 Å². The number of hydrogen-bond acceptors (Lipinski definition) is 7. The van der Waals surface area contributed by atoms with Crippen LogP contribution < -0.4 is 10.6 Å². The van der Waals surface area contributed by atoms with Crippen molar-refractivity contribution in [3.05, 3.63) is 73.4 Å². The molecule has 0 aliphatic carbocycles. The van der Waals surface area contributed by atoms with E-state index in [2.05, 4.69) is 30.6 Å². The van der Waals surface area contributed by atoms with Crippen LogP contribution in [0.1, 0.15) is 5.56 Å². The number of fused-ring (bicyclic) bond motifs is 1. The molecule has 1 unspecified atom stereocenters. The highest BCUT2D eigenvalue weighted by molar-refractivity contribution is 6.02. The lowest BCUT2D eigenvalue weighted by Gasteiger charge is -2.29. The Labute approximate surface area is 155 Å². The molecule has 8 heteroatoms. The van der Waals surface area contributed by atoms with Gasteiger partial charge in [-0.05, 0) is 12.1 Å². The van der Waals surface area contributed by atoms with Crippen molar-refractivity contribution >= 4 is 17.2 Å². The van der Waals surface area contributed by atoms with E-state index in [9.17, 15) is 0 Å². The van der Waals surface area contributed by atoms with Gasteiger partial charge in [-0.3, -0.25) is 4.68 Å². The summed E-state index contributed by atoms with van der Waals surface area (Å²) in [6.07, 6.45) is 12.6. The quantitative estimate of drug-likeness (QED) is 0.748. The largest absolute Gasteiger partial charge is 0.444 e. The van der Waals surface area contributed by atoms with E-state index in [0.717, 1.165) is 34.1 Å². The lowest BCUT2D eigenvalue weighted by molar-refractivity contribution is 0.462. The first-order chi connectivity index (χ1) is 13.3. The van der Waals surface area contributed by atoms with E-state index in [0.29, 0.717) is 0 Å². The number of hydrogen-bond donors (Lipinski definition) is 2. The zero-order valence-electron chi connectivity index (χ0n) is 14.6. The Kier molecular flexibility index (Phi) is 3.53. The summed E-state index contributed by atoms with van der Waals surface area (Å²) in [6, 6.07) is 7.96. The van der Waals surface area contributed by atoms with Crippen molar-refractivity contribution in [1.29, 1.82) is 0 Å². The van der Waals surface area contributed by atoms with Crippen LogP contribution >= 0.6 is 0 Å². The molecule has 0 amide bonds. The summed E-state index contributed by atoms with van der Waals surface area (Å²) >= 11 is 0. The highest BCUT2D eigenvalue weighted by Crippen LogP contribution is 2.28. The van der Waals surface area contributed by atoms with Gasteiger partial charge in [0.05, 0.1) is 18.1 Å². The third kappa shape index (κ3) is 2.77. The molecule has 134 valence electrons. The minimum atomic E-state index is -0.0980. The smallest absolute Gasteiger partial charge is 0.181 e. The molecule has 8 nitrogen and oxygen atoms in total. The Morgan fingerprint density at radius 1 is 1.22 bits per heavy atom. The number of oxazole rings is 1. The Hall–Kier alpha value is -3.81. The van der Waals surface area contributed by atoms with E-state index in [1.807, 2.05) is 56.1 Å². The third-order valence-corrected chi connectivity index (χ3v) is 4.49. The van der Waals surface area contributed by atoms with Gasteiger partial charge >= 0.3 is 0 Å². The highest BCUT2D eigenvalue weighted by atomic mass is 16.3. The first kappa shape index (κ1) is 15.4. The molecule has 2 aromatic heterocycles. The molecule has 27 heavy (non-hydrogen) atoms. The maximum Gasteiger partial charge on any atom is 0.181 e. The first-order valence-electron chi connectivity index (χ1n) is 8.52. The number of amidine groups is 1. The molecular formula is C19H17N7O. The number of nitrogens with zero attached hydrogens (tertiary/aromatic N) is 5. The lowest BCUT2D eigenvalue weighted by Crippen LogP contribution is -2.45. The number of nitrogens with one attached hydrogen (secondary N) is 2. The van der Waals surface area contributed by atoms with Crippen molar-refractivity contribution in [3.8, 4) is 11.3 Å². The number of aryl methyl sites for hydroxylation is 1. The summed E-state index contributed by atoms with van der Waals surface area (Å²) in [6.45, 7) is 0. The SMILES string of the molecule is Cn1cc(C2=CNC3C(Nc4cccc(-c5cnco5)c4)=NC=CN23)cn1. The van der Waals surface area contributed by atoms with Gasteiger partial charge in [0.25, 0.3) is 0 Å². The van der Waals surface area contributed by atoms with Crippen molar-refractivity contribution in [2.24, 2.45) is 12.0 Å². The van der Waals surface area contributed by atoms with Crippen LogP contribution in [0.15, 0.2) is 77.3 Å². The Bertz CT molecular complexity index is 1060. The zero-order chi connectivity index (χ0) is 18.2. The molecule has 2 N–H and O–H groups in total. The summed E-state index contributed by atoms with van der Waals surface area (Å²) in [5, 5.41) is 11.0. The maximum absolute atomic E-state index is 5.38. The lowest BCUT2D eigenvalue weighted by atomic mass is 10.1. The van der Waals surface area contributed by atoms with Crippen molar-refractivity contribution in [1.82, 2.24) is 25.0 Å². The van der Waals surface area contributed by atoms with E-state index < -0.39 is 0 Å². The average Bonchev–Trinajstić information content (AvgIpc) is 3.43. The minimum Gasteiger partial charge on any atom is -0.444 e. The van der Waals surface area contributed by atoms with Crippen LogP contribution in [0.2, 0.25) is 0 Å². The fourth-order valence-corrected chi connectivity index (χ4v) is 3.23. The van der Waals surface area contributed by atoms with E-state index in [-0.39, 0.29) is 6.17 Å². The van der Waals surface area contributed by atoms with Crippen molar-refractivity contribution < 1.29 is 4.42 Å². The van der Waals surface area contributed by atoms with Gasteiger partial charge in [-0.15, -0.1) is 0 Å². The van der Waals surface area contributed by atoms with Gasteiger partial charge in [-0.1, -0.05) is 12.1 Å². The number of rotatable bonds is 3. The summed E-state index contributed by atoms with van der Waals surface area (Å²) in [4.78, 5) is 10.6. The van der Waals surface area contributed by atoms with Crippen molar-refractivity contribution in [2.45, 2.75) is 6.17 Å². The van der Waals surface area contributed by atoms with E-state index in [1.165, 1.54) is 6.39 Å². The number of benzene rings is 1. The van der Waals surface area contributed by atoms with Crippen LogP contribution in [0.4, 0.5) is 5.69 Å². The Morgan fingerprint density at radius 2 is 2.19 bits per heavy atom. The first-order valence-corrected chi connectivity index (χ1v) is 8.52. The van der Waals surface area contributed by atoms with Gasteiger partial charge in [0.2, 0.25) is 0 Å². The molecule has 0 bridgehead atoms. The van der Waals surface area contributed by atoms with E-state index in [4.69, 9.17) is 4.42 Å². The molecule has 1 atom stereocenters. The second-order valence-electron chi connectivity index (χ2n) is 6.29. The van der Waals surface area contributed by atoms with Gasteiger partial charge < -0.3 is 20.0 Å². The molecular weight excluding hydrogens is 342 g/mol. The topological polar surface area (TPSA) is 83.5 Å². The molecule has 4 heterocycles. The number of aliphatic imine (C=N–C) groups is 1. The fourth-order valence-electron chi connectivity index (χ4n) is 3.23. The van der Waals surface area contributed by atoms with Crippen LogP contribution in [-0.2, 0) is 7.05 Å². The molecule has 2 aliphatic heterocycles. The van der Waals surface area contributed by atoms with E-state index >= 15 is 0 Å². The van der Waals surface area contributed by atoms with Crippen LogP contribution in [0.5, 0.6) is 0 Å². The summed E-state index contributed by atoms with van der Waals surface area (Å²) in [7, 11) is 1.91. The van der Waals surface area contributed by atoms with Gasteiger partial charge in [0.15, 0.2) is 18.3 Å². The van der Waals surface area contributed by atoms with E-state index in [1.54, 1.807) is 17.1 Å². The standard InChI is InChI=1S/C19H17N7O/c1-25-11-14(8-23-25)16-9-22-19-18(21-5-6-26(16)19)24-15-4-2-3-13(7-15)17-10-20-12-27-17/h2-12,19,22H,1H3,(H,21,24). The molecule has 3 aromatic rings. The number of anilines is 1. The maximum atomic E-state index is 5.38.